The number of carbonyl (C=O) groups excluding carboxylic acids is 11. The van der Waals surface area contributed by atoms with Crippen LogP contribution in [0.3, 0.4) is 0 Å². The maximum Gasteiger partial charge on any atom is 0.245 e. The molecule has 1 aromatic carbocycles. The summed E-state index contributed by atoms with van der Waals surface area (Å²) in [6, 6.07) is -6.55. The summed E-state index contributed by atoms with van der Waals surface area (Å²) >= 11 is 0. The second kappa shape index (κ2) is 39.7. The fourth-order valence-electron chi connectivity index (χ4n) is 9.12. The van der Waals surface area contributed by atoms with Crippen LogP contribution < -0.4 is 87.2 Å². The van der Waals surface area contributed by atoms with Gasteiger partial charge in [-0.15, -0.1) is 0 Å². The summed E-state index contributed by atoms with van der Waals surface area (Å²) < 4.78 is 0. The lowest BCUT2D eigenvalue weighted by molar-refractivity contribution is -0.137. The van der Waals surface area contributed by atoms with Crippen molar-refractivity contribution in [3.05, 3.63) is 35.9 Å². The summed E-state index contributed by atoms with van der Waals surface area (Å²) in [6.45, 7) is 8.65. The highest BCUT2D eigenvalue weighted by Crippen LogP contribution is 2.14. The Morgan fingerprint density at radius 1 is 0.558 bits per heavy atom. The molecule has 2 rings (SSSR count). The molecule has 30 heteroatoms. The van der Waals surface area contributed by atoms with Gasteiger partial charge in [-0.25, -0.2) is 0 Å². The van der Waals surface area contributed by atoms with E-state index in [1.807, 2.05) is 13.8 Å². The molecule has 0 bridgehead atoms. The van der Waals surface area contributed by atoms with Crippen LogP contribution in [0.5, 0.6) is 0 Å². The van der Waals surface area contributed by atoms with Crippen LogP contribution in [-0.4, -0.2) is 198 Å². The molecular formula is C56H98N16O14. The molecule has 1 aliphatic heterocycles. The lowest BCUT2D eigenvalue weighted by Gasteiger charge is -2.29. The summed E-state index contributed by atoms with van der Waals surface area (Å²) in [4.78, 5) is 154. The summed E-state index contributed by atoms with van der Waals surface area (Å²) in [6.07, 6.45) is -4.15. The number of hydrogen-bond acceptors (Lipinski definition) is 19. The van der Waals surface area contributed by atoms with Crippen LogP contribution in [0.2, 0.25) is 0 Å². The van der Waals surface area contributed by atoms with Crippen molar-refractivity contribution in [3.8, 4) is 0 Å². The predicted molar refractivity (Wildman–Crippen MR) is 318 cm³/mol. The Kier molecular flexibility index (Phi) is 34.7. The van der Waals surface area contributed by atoms with Crippen molar-refractivity contribution in [1.82, 2.24) is 58.5 Å². The third kappa shape index (κ3) is 26.8. The first kappa shape index (κ1) is 75.2. The van der Waals surface area contributed by atoms with Gasteiger partial charge in [-0.1, -0.05) is 64.4 Å². The van der Waals surface area contributed by atoms with E-state index in [0.29, 0.717) is 24.3 Å². The van der Waals surface area contributed by atoms with E-state index in [1.54, 1.807) is 44.2 Å². The highest BCUT2D eigenvalue weighted by Gasteiger charge is 2.38. The van der Waals surface area contributed by atoms with Crippen molar-refractivity contribution >= 4 is 65.0 Å². The van der Waals surface area contributed by atoms with Crippen molar-refractivity contribution in [1.29, 1.82) is 0 Å². The number of amides is 11. The topological polar surface area (TPSA) is 511 Å². The first-order valence-corrected chi connectivity index (χ1v) is 29.6. The number of aliphatic hydroxyl groups excluding tert-OH is 3. The number of rotatable bonds is 29. The average molecular weight is 1220 g/mol. The van der Waals surface area contributed by atoms with Crippen LogP contribution in [0.1, 0.15) is 118 Å². The lowest BCUT2D eigenvalue weighted by Crippen LogP contribution is -2.62. The molecule has 24 N–H and O–H groups in total. The van der Waals surface area contributed by atoms with Crippen LogP contribution in [0.15, 0.2) is 30.3 Å². The Morgan fingerprint density at radius 2 is 1.05 bits per heavy atom. The minimum absolute atomic E-state index is 0.0383. The molecule has 1 heterocycles. The zero-order chi connectivity index (χ0) is 64.6. The van der Waals surface area contributed by atoms with Crippen LogP contribution in [-0.2, 0) is 59.2 Å². The number of carbonyl (C=O) groups is 11. The van der Waals surface area contributed by atoms with E-state index in [0.717, 1.165) is 6.42 Å². The highest BCUT2D eigenvalue weighted by molar-refractivity contribution is 5.99. The minimum atomic E-state index is -1.76. The zero-order valence-corrected chi connectivity index (χ0v) is 50.5. The molecule has 1 saturated heterocycles. The van der Waals surface area contributed by atoms with Crippen molar-refractivity contribution in [2.45, 2.75) is 197 Å². The maximum absolute atomic E-state index is 14.5. The molecule has 0 aliphatic carbocycles. The van der Waals surface area contributed by atoms with Gasteiger partial charge < -0.3 is 102 Å². The molecule has 30 nitrogen and oxygen atoms in total. The zero-order valence-electron chi connectivity index (χ0n) is 50.5. The van der Waals surface area contributed by atoms with E-state index in [2.05, 4.69) is 58.5 Å². The van der Waals surface area contributed by atoms with Crippen molar-refractivity contribution in [2.75, 3.05) is 39.3 Å². The quantitative estimate of drug-likeness (QED) is 0.0355. The Labute approximate surface area is 503 Å². The van der Waals surface area contributed by atoms with Gasteiger partial charge in [0.1, 0.15) is 60.4 Å². The van der Waals surface area contributed by atoms with Gasteiger partial charge in [-0.05, 0) is 122 Å². The summed E-state index contributed by atoms with van der Waals surface area (Å²) in [5, 5.41) is 59.9. The average Bonchev–Trinajstić information content (AvgIpc) is 3.18. The molecule has 86 heavy (non-hydrogen) atoms. The van der Waals surface area contributed by atoms with Crippen LogP contribution >= 0.6 is 0 Å². The van der Waals surface area contributed by atoms with Crippen LogP contribution in [0.25, 0.3) is 0 Å². The van der Waals surface area contributed by atoms with Crippen LogP contribution in [0, 0.1) is 11.8 Å². The molecule has 0 saturated carbocycles. The molecule has 4 unspecified atom stereocenters. The summed E-state index contributed by atoms with van der Waals surface area (Å²) in [5.74, 6) is -10.1. The third-order valence-corrected chi connectivity index (χ3v) is 14.3. The van der Waals surface area contributed by atoms with E-state index < -0.39 is 157 Å². The smallest absolute Gasteiger partial charge is 0.245 e. The third-order valence-electron chi connectivity index (χ3n) is 14.3. The van der Waals surface area contributed by atoms with Crippen molar-refractivity contribution < 1.29 is 68.1 Å². The Balaban J connectivity index is 2.68. The van der Waals surface area contributed by atoms with Gasteiger partial charge in [0.25, 0.3) is 0 Å². The molecule has 11 amide bonds. The number of aliphatic hydroxyl groups is 3. The van der Waals surface area contributed by atoms with Gasteiger partial charge in [0.15, 0.2) is 0 Å². The van der Waals surface area contributed by atoms with E-state index in [4.69, 9.17) is 28.7 Å². The largest absolute Gasteiger partial charge is 0.393 e. The summed E-state index contributed by atoms with van der Waals surface area (Å²) in [5.41, 5.74) is 29.9. The number of nitrogens with one attached hydrogen (secondary N) is 11. The van der Waals surface area contributed by atoms with Crippen molar-refractivity contribution in [2.24, 2.45) is 40.5 Å². The van der Waals surface area contributed by atoms with Gasteiger partial charge in [0.2, 0.25) is 65.0 Å². The predicted octanol–water partition coefficient (Wildman–Crippen LogP) is -6.27. The van der Waals surface area contributed by atoms with Gasteiger partial charge in [0.05, 0.1) is 24.7 Å². The fraction of sp³-hybridized carbons (Fsp3) is 0.696. The molecule has 1 aromatic rings. The Bertz CT molecular complexity index is 2350. The van der Waals surface area contributed by atoms with E-state index in [1.165, 1.54) is 13.8 Å². The number of hydrogen-bond donors (Lipinski definition) is 19. The minimum Gasteiger partial charge on any atom is -0.393 e. The molecule has 486 valence electrons. The first-order chi connectivity index (χ1) is 40.7. The second-order valence-electron chi connectivity index (χ2n) is 22.2. The Morgan fingerprint density at radius 3 is 1.55 bits per heavy atom. The molecular weight excluding hydrogens is 1120 g/mol. The Hall–Kier alpha value is -6.93. The SMILES string of the molecule is CCC(C)CCC(O)CC(=O)N[C@@H](CCN)C(=O)N[C@H](C(=O)N[C@@H](CCN)C(=O)N[C@H]1CCNC(=O)[C@H](C(C)O)NC(=O)[C@H](CCN)NC(=O)[C@H](CCN)NC(=O)[C@H](CC(C)C)NC(=O)[C@@H](Cc2ccccc2)NC(=O)[C@H](CCN)NC1=O)C(C)O. The number of nitrogens with two attached hydrogens (primary N) is 5. The first-order valence-electron chi connectivity index (χ1n) is 29.6. The van der Waals surface area contributed by atoms with Gasteiger partial charge in [0, 0.05) is 13.0 Å². The molecule has 0 radical (unpaired) electrons. The molecule has 14 atom stereocenters. The molecule has 1 aliphatic rings. The standard InChI is InChI=1S/C56H98N16O14/c1-7-31(4)13-14-35(75)29-44(76)63-36(15-21-57)51(81)72-46(33(6)74)56(86)68-39(18-24-60)48(78)67-41-20-26-62-55(85)45(32(5)73)71-52(82)40(19-25-61)65-47(77)37(16-22-58)66-53(83)42(27-30(2)3)69-54(84)43(28-34-11-9-8-10-12-34)70-49(79)38(17-23-59)64-50(41)80/h8-12,30-33,35-43,45-46,73-75H,7,13-29,57-61H2,1-6H3,(H,62,85)(H,63,76)(H,64,80)(H,65,77)(H,66,83)(H,67,78)(H,68,86)(H,69,84)(H,70,79)(H,71,82)(H,72,81)/t31?,32?,33?,35?,36-,37-,38-,39-,40-,41-,42-,43+,45-,46-/m0/s1. The maximum atomic E-state index is 14.5. The molecule has 0 aromatic heterocycles. The molecule has 0 spiro atoms. The van der Waals surface area contributed by atoms with Crippen LogP contribution in [0.4, 0.5) is 0 Å². The normalized spacial score (nSPS) is 23.2. The van der Waals surface area contributed by atoms with Gasteiger partial charge in [-0.3, -0.25) is 52.7 Å². The molecule has 1 fully saturated rings. The van der Waals surface area contributed by atoms with E-state index in [-0.39, 0.29) is 90.0 Å². The highest BCUT2D eigenvalue weighted by atomic mass is 16.3. The van der Waals surface area contributed by atoms with Gasteiger partial charge in [-0.2, -0.15) is 0 Å². The van der Waals surface area contributed by atoms with Crippen molar-refractivity contribution in [3.63, 3.8) is 0 Å². The second-order valence-corrected chi connectivity index (χ2v) is 22.2. The van der Waals surface area contributed by atoms with E-state index in [9.17, 15) is 68.1 Å². The van der Waals surface area contributed by atoms with Gasteiger partial charge >= 0.3 is 0 Å². The monoisotopic (exact) mass is 1220 g/mol. The van der Waals surface area contributed by atoms with E-state index >= 15 is 0 Å². The number of benzene rings is 1. The lowest BCUT2D eigenvalue weighted by atomic mass is 9.99. The summed E-state index contributed by atoms with van der Waals surface area (Å²) in [7, 11) is 0. The fourth-order valence-corrected chi connectivity index (χ4v) is 9.12.